The summed E-state index contributed by atoms with van der Waals surface area (Å²) in [6.45, 7) is 1.63. The molecule has 0 atom stereocenters. The Hall–Kier alpha value is -1.71. The number of thiophene rings is 1. The number of aromatic amines is 1. The Morgan fingerprint density at radius 3 is 3.19 bits per heavy atom. The van der Waals surface area contributed by atoms with Crippen molar-refractivity contribution in [1.82, 2.24) is 20.5 Å². The molecule has 0 aliphatic carbocycles. The maximum absolute atomic E-state index is 8.66. The fourth-order valence-electron chi connectivity index (χ4n) is 1.30. The molecule has 0 radical (unpaired) electrons. The zero-order chi connectivity index (χ0) is 11.2. The molecular weight excluding hydrogens is 222 g/mol. The van der Waals surface area contributed by atoms with Gasteiger partial charge in [-0.05, 0) is 6.07 Å². The molecule has 0 aliphatic heterocycles. The van der Waals surface area contributed by atoms with Gasteiger partial charge in [0.1, 0.15) is 18.2 Å². The largest absolute Gasteiger partial charge is 0.311 e. The van der Waals surface area contributed by atoms with E-state index in [-0.39, 0.29) is 0 Å². The summed E-state index contributed by atoms with van der Waals surface area (Å²) in [5.41, 5.74) is 0.733. The van der Waals surface area contributed by atoms with Gasteiger partial charge < -0.3 is 5.32 Å². The van der Waals surface area contributed by atoms with Crippen LogP contribution in [-0.4, -0.2) is 21.7 Å². The second-order valence-electron chi connectivity index (χ2n) is 3.27. The molecule has 6 heteroatoms. The van der Waals surface area contributed by atoms with Crippen molar-refractivity contribution in [3.8, 4) is 6.07 Å². The quantitative estimate of drug-likeness (QED) is 0.757. The fourth-order valence-corrected chi connectivity index (χ4v) is 2.08. The van der Waals surface area contributed by atoms with Crippen LogP contribution in [0, 0.1) is 11.3 Å². The Balaban J connectivity index is 1.70. The average molecular weight is 233 g/mol. The van der Waals surface area contributed by atoms with Crippen molar-refractivity contribution in [3.05, 3.63) is 34.0 Å². The van der Waals surface area contributed by atoms with Crippen LogP contribution in [0.2, 0.25) is 0 Å². The predicted octanol–water partition coefficient (Wildman–Crippen LogP) is 1.07. The third-order valence-corrected chi connectivity index (χ3v) is 3.02. The Kier molecular flexibility index (Phi) is 3.64. The molecule has 2 aromatic rings. The van der Waals surface area contributed by atoms with E-state index >= 15 is 0 Å². The summed E-state index contributed by atoms with van der Waals surface area (Å²) in [5.74, 6) is 0.886. The van der Waals surface area contributed by atoms with Gasteiger partial charge in [-0.15, -0.1) is 11.3 Å². The number of hydrogen-bond donors (Lipinski definition) is 2. The molecular formula is C10H11N5S. The van der Waals surface area contributed by atoms with E-state index in [0.717, 1.165) is 30.9 Å². The van der Waals surface area contributed by atoms with Gasteiger partial charge in [0.05, 0.1) is 5.56 Å². The first kappa shape index (κ1) is 10.8. The van der Waals surface area contributed by atoms with E-state index < -0.39 is 0 Å². The first-order valence-corrected chi connectivity index (χ1v) is 5.79. The van der Waals surface area contributed by atoms with Crippen molar-refractivity contribution in [3.63, 3.8) is 0 Å². The molecule has 0 saturated carbocycles. The summed E-state index contributed by atoms with van der Waals surface area (Å²) >= 11 is 1.60. The Bertz CT molecular complexity index is 468. The van der Waals surface area contributed by atoms with E-state index in [1.165, 1.54) is 11.2 Å². The monoisotopic (exact) mass is 233 g/mol. The Morgan fingerprint density at radius 1 is 1.56 bits per heavy atom. The summed E-state index contributed by atoms with van der Waals surface area (Å²) in [5, 5.41) is 20.4. The van der Waals surface area contributed by atoms with Crippen LogP contribution in [0.1, 0.15) is 16.3 Å². The van der Waals surface area contributed by atoms with Gasteiger partial charge in [0.15, 0.2) is 0 Å². The topological polar surface area (TPSA) is 77.4 Å². The fraction of sp³-hybridized carbons (Fsp3) is 0.300. The number of H-pyrrole nitrogens is 1. The van der Waals surface area contributed by atoms with Gasteiger partial charge in [0.2, 0.25) is 0 Å². The van der Waals surface area contributed by atoms with Gasteiger partial charge in [0, 0.05) is 29.8 Å². The van der Waals surface area contributed by atoms with E-state index in [2.05, 4.69) is 26.6 Å². The molecule has 2 N–H and O–H groups in total. The highest BCUT2D eigenvalue weighted by Gasteiger charge is 1.99. The normalized spacial score (nSPS) is 10.2. The molecule has 0 amide bonds. The molecule has 0 spiro atoms. The highest BCUT2D eigenvalue weighted by atomic mass is 32.1. The van der Waals surface area contributed by atoms with Crippen LogP contribution in [0.3, 0.4) is 0 Å². The molecule has 0 fully saturated rings. The third kappa shape index (κ3) is 2.89. The van der Waals surface area contributed by atoms with E-state index in [0.29, 0.717) is 0 Å². The average Bonchev–Trinajstić information content (AvgIpc) is 2.95. The number of hydrogen-bond acceptors (Lipinski definition) is 5. The molecule has 82 valence electrons. The molecule has 0 bridgehead atoms. The minimum Gasteiger partial charge on any atom is -0.311 e. The van der Waals surface area contributed by atoms with Crippen molar-refractivity contribution in [2.24, 2.45) is 0 Å². The second-order valence-corrected chi connectivity index (χ2v) is 4.27. The van der Waals surface area contributed by atoms with Gasteiger partial charge in [-0.25, -0.2) is 4.98 Å². The molecule has 0 aromatic carbocycles. The summed E-state index contributed by atoms with van der Waals surface area (Å²) in [4.78, 5) is 5.21. The highest BCUT2D eigenvalue weighted by molar-refractivity contribution is 7.10. The molecule has 5 nitrogen and oxygen atoms in total. The van der Waals surface area contributed by atoms with Gasteiger partial charge in [-0.1, -0.05) is 0 Å². The molecule has 16 heavy (non-hydrogen) atoms. The second kappa shape index (κ2) is 5.39. The van der Waals surface area contributed by atoms with Gasteiger partial charge in [-0.2, -0.15) is 10.4 Å². The zero-order valence-corrected chi connectivity index (χ0v) is 9.42. The molecule has 2 rings (SSSR count). The Morgan fingerprint density at radius 2 is 2.50 bits per heavy atom. The molecule has 2 aromatic heterocycles. The zero-order valence-electron chi connectivity index (χ0n) is 8.60. The highest BCUT2D eigenvalue weighted by Crippen LogP contribution is 2.13. The van der Waals surface area contributed by atoms with Gasteiger partial charge in [-0.3, -0.25) is 5.10 Å². The van der Waals surface area contributed by atoms with Crippen LogP contribution in [-0.2, 0) is 13.0 Å². The van der Waals surface area contributed by atoms with Crippen molar-refractivity contribution >= 4 is 11.3 Å². The van der Waals surface area contributed by atoms with E-state index in [1.807, 2.05) is 11.4 Å². The molecule has 0 saturated heterocycles. The number of rotatable bonds is 5. The number of nitrogens with zero attached hydrogens (tertiary/aromatic N) is 3. The van der Waals surface area contributed by atoms with Gasteiger partial charge >= 0.3 is 0 Å². The van der Waals surface area contributed by atoms with Crippen molar-refractivity contribution in [1.29, 1.82) is 5.26 Å². The lowest BCUT2D eigenvalue weighted by Gasteiger charge is -2.00. The smallest absolute Gasteiger partial charge is 0.137 e. The van der Waals surface area contributed by atoms with Crippen molar-refractivity contribution in [2.75, 3.05) is 6.54 Å². The standard InChI is InChI=1S/C10H11N5S/c11-4-8-3-9(16-6-8)5-12-2-1-10-13-7-14-15-10/h3,6-7,12H,1-2,5H2,(H,13,14,15). The minimum atomic E-state index is 0.733. The maximum atomic E-state index is 8.66. The van der Waals surface area contributed by atoms with Crippen LogP contribution in [0.25, 0.3) is 0 Å². The molecule has 0 aliphatic rings. The predicted molar refractivity (Wildman–Crippen MR) is 60.8 cm³/mol. The number of aromatic nitrogens is 3. The van der Waals surface area contributed by atoms with Crippen molar-refractivity contribution < 1.29 is 0 Å². The summed E-state index contributed by atoms with van der Waals surface area (Å²) < 4.78 is 0. The maximum Gasteiger partial charge on any atom is 0.137 e. The SMILES string of the molecule is N#Cc1csc(CNCCc2ncn[nH]2)c1. The van der Waals surface area contributed by atoms with E-state index in [9.17, 15) is 0 Å². The first-order chi connectivity index (χ1) is 7.88. The lowest BCUT2D eigenvalue weighted by molar-refractivity contribution is 0.677. The summed E-state index contributed by atoms with van der Waals surface area (Å²) in [7, 11) is 0. The number of nitrogens with one attached hydrogen (secondary N) is 2. The van der Waals surface area contributed by atoms with Gasteiger partial charge in [0.25, 0.3) is 0 Å². The number of nitriles is 1. The summed E-state index contributed by atoms with van der Waals surface area (Å²) in [6.07, 6.45) is 2.34. The molecule has 0 unspecified atom stereocenters. The van der Waals surface area contributed by atoms with E-state index in [4.69, 9.17) is 5.26 Å². The third-order valence-electron chi connectivity index (χ3n) is 2.09. The molecule has 2 heterocycles. The summed E-state index contributed by atoms with van der Waals surface area (Å²) in [6, 6.07) is 4.03. The lowest BCUT2D eigenvalue weighted by atomic mass is 10.3. The minimum absolute atomic E-state index is 0.733. The van der Waals surface area contributed by atoms with Crippen LogP contribution in [0.4, 0.5) is 0 Å². The van der Waals surface area contributed by atoms with E-state index in [1.54, 1.807) is 11.3 Å². The van der Waals surface area contributed by atoms with Crippen LogP contribution in [0.5, 0.6) is 0 Å². The lowest BCUT2D eigenvalue weighted by Crippen LogP contribution is -2.16. The first-order valence-electron chi connectivity index (χ1n) is 4.91. The van der Waals surface area contributed by atoms with Crippen LogP contribution < -0.4 is 5.32 Å². The van der Waals surface area contributed by atoms with Crippen LogP contribution in [0.15, 0.2) is 17.8 Å². The van der Waals surface area contributed by atoms with Crippen molar-refractivity contribution in [2.45, 2.75) is 13.0 Å². The Labute approximate surface area is 97.1 Å². The van der Waals surface area contributed by atoms with Crippen LogP contribution >= 0.6 is 11.3 Å².